The predicted octanol–water partition coefficient (Wildman–Crippen LogP) is 5.39. The molecule has 0 aliphatic carbocycles. The van der Waals surface area contributed by atoms with Crippen molar-refractivity contribution in [2.75, 3.05) is 5.32 Å². The summed E-state index contributed by atoms with van der Waals surface area (Å²) in [6, 6.07) is 11.9. The van der Waals surface area contributed by atoms with Gasteiger partial charge in [-0.15, -0.1) is 0 Å². The van der Waals surface area contributed by atoms with Crippen molar-refractivity contribution in [1.29, 1.82) is 0 Å². The molecule has 0 radical (unpaired) electrons. The first-order valence-electron chi connectivity index (χ1n) is 6.03. The van der Waals surface area contributed by atoms with E-state index in [4.69, 9.17) is 0 Å². The van der Waals surface area contributed by atoms with Crippen LogP contribution >= 0.6 is 15.9 Å². The normalized spacial score (nSPS) is 11.4. The summed E-state index contributed by atoms with van der Waals surface area (Å²) in [4.78, 5) is 0. The molecule has 0 aromatic heterocycles. The monoisotopic (exact) mass is 343 g/mol. The molecule has 0 aliphatic heterocycles. The van der Waals surface area contributed by atoms with Gasteiger partial charge in [-0.25, -0.2) is 0 Å². The van der Waals surface area contributed by atoms with Gasteiger partial charge < -0.3 is 5.32 Å². The van der Waals surface area contributed by atoms with E-state index in [0.717, 1.165) is 17.2 Å². The third kappa shape index (κ3) is 3.54. The van der Waals surface area contributed by atoms with Gasteiger partial charge in [0.15, 0.2) is 0 Å². The molecule has 106 valence electrons. The van der Waals surface area contributed by atoms with E-state index in [-0.39, 0.29) is 4.47 Å². The molecule has 1 N–H and O–H groups in total. The Morgan fingerprint density at radius 2 is 1.80 bits per heavy atom. The minimum Gasteiger partial charge on any atom is -0.381 e. The molecule has 0 amide bonds. The Labute approximate surface area is 123 Å². The summed E-state index contributed by atoms with van der Waals surface area (Å²) in [5, 5.41) is 3.02. The molecule has 2 aromatic rings. The molecular weight excluding hydrogens is 331 g/mol. The number of alkyl halides is 3. The fraction of sp³-hybridized carbons (Fsp3) is 0.200. The van der Waals surface area contributed by atoms with Crippen LogP contribution < -0.4 is 5.32 Å². The van der Waals surface area contributed by atoms with Crippen molar-refractivity contribution in [3.63, 3.8) is 0 Å². The minimum absolute atomic E-state index is 0.0476. The molecule has 0 heterocycles. The molecule has 0 atom stereocenters. The van der Waals surface area contributed by atoms with Gasteiger partial charge in [0.1, 0.15) is 0 Å². The number of aryl methyl sites for hydroxylation is 1. The van der Waals surface area contributed by atoms with Crippen LogP contribution in [0, 0.1) is 6.92 Å². The zero-order valence-corrected chi connectivity index (χ0v) is 12.3. The van der Waals surface area contributed by atoms with Crippen molar-refractivity contribution in [3.05, 3.63) is 63.6 Å². The molecule has 5 heteroatoms. The Balaban J connectivity index is 2.17. The average Bonchev–Trinajstić information content (AvgIpc) is 2.38. The molecule has 0 spiro atoms. The molecule has 0 bridgehead atoms. The molecule has 0 fully saturated rings. The fourth-order valence-electron chi connectivity index (χ4n) is 1.86. The summed E-state index contributed by atoms with van der Waals surface area (Å²) in [6.45, 7) is 2.46. The van der Waals surface area contributed by atoms with Gasteiger partial charge in [0.25, 0.3) is 0 Å². The second-order valence-electron chi connectivity index (χ2n) is 4.47. The van der Waals surface area contributed by atoms with E-state index in [0.29, 0.717) is 12.2 Å². The zero-order valence-electron chi connectivity index (χ0n) is 10.8. The Morgan fingerprint density at radius 1 is 1.10 bits per heavy atom. The second kappa shape index (κ2) is 5.87. The van der Waals surface area contributed by atoms with E-state index >= 15 is 0 Å². The molecule has 2 aromatic carbocycles. The number of benzene rings is 2. The van der Waals surface area contributed by atoms with E-state index < -0.39 is 11.7 Å². The van der Waals surface area contributed by atoms with Crippen molar-refractivity contribution < 1.29 is 13.2 Å². The highest BCUT2D eigenvalue weighted by Crippen LogP contribution is 2.36. The van der Waals surface area contributed by atoms with Crippen molar-refractivity contribution in [1.82, 2.24) is 0 Å². The van der Waals surface area contributed by atoms with Crippen LogP contribution in [-0.4, -0.2) is 0 Å². The molecule has 0 aliphatic rings. The first-order valence-corrected chi connectivity index (χ1v) is 6.82. The Morgan fingerprint density at radius 3 is 2.45 bits per heavy atom. The highest BCUT2D eigenvalue weighted by Gasteiger charge is 2.33. The van der Waals surface area contributed by atoms with Crippen molar-refractivity contribution >= 4 is 21.6 Å². The number of nitrogens with one attached hydrogen (secondary N) is 1. The third-order valence-electron chi connectivity index (χ3n) is 3.02. The molecule has 2 rings (SSSR count). The Bertz CT molecular complexity index is 608. The minimum atomic E-state index is -4.36. The van der Waals surface area contributed by atoms with Gasteiger partial charge in [0.2, 0.25) is 0 Å². The predicted molar refractivity (Wildman–Crippen MR) is 77.6 cm³/mol. The first kappa shape index (κ1) is 14.9. The smallest absolute Gasteiger partial charge is 0.381 e. The molecule has 0 saturated carbocycles. The quantitative estimate of drug-likeness (QED) is 0.787. The molecule has 20 heavy (non-hydrogen) atoms. The maximum Gasteiger partial charge on any atom is 0.417 e. The molecule has 0 saturated heterocycles. The number of rotatable bonds is 3. The third-order valence-corrected chi connectivity index (χ3v) is 3.71. The van der Waals surface area contributed by atoms with E-state index in [1.807, 2.05) is 31.2 Å². The van der Waals surface area contributed by atoms with Gasteiger partial charge in [-0.2, -0.15) is 13.2 Å². The van der Waals surface area contributed by atoms with E-state index in [2.05, 4.69) is 21.2 Å². The Kier molecular flexibility index (Phi) is 4.38. The first-order chi connectivity index (χ1) is 9.38. The van der Waals surface area contributed by atoms with Crippen molar-refractivity contribution in [2.24, 2.45) is 0 Å². The lowest BCUT2D eigenvalue weighted by Crippen LogP contribution is -2.08. The molecular formula is C15H13BrF3N. The van der Waals surface area contributed by atoms with Crippen LogP contribution in [-0.2, 0) is 12.7 Å². The van der Waals surface area contributed by atoms with Crippen LogP contribution in [0.5, 0.6) is 0 Å². The maximum absolute atomic E-state index is 12.8. The van der Waals surface area contributed by atoms with Gasteiger partial charge >= 0.3 is 6.18 Å². The average molecular weight is 344 g/mol. The Hall–Kier alpha value is -1.49. The van der Waals surface area contributed by atoms with Crippen LogP contribution in [0.4, 0.5) is 18.9 Å². The second-order valence-corrected chi connectivity index (χ2v) is 5.33. The fourth-order valence-corrected chi connectivity index (χ4v) is 2.33. The standard InChI is InChI=1S/C15H13BrF3N/c1-10-4-2-3-5-11(10)9-20-12-6-7-14(16)13(8-12)15(17,18)19/h2-8,20H,9H2,1H3. The zero-order chi connectivity index (χ0) is 14.8. The summed E-state index contributed by atoms with van der Waals surface area (Å²) >= 11 is 2.93. The largest absolute Gasteiger partial charge is 0.417 e. The number of halogens is 4. The van der Waals surface area contributed by atoms with Crippen LogP contribution in [0.15, 0.2) is 46.9 Å². The van der Waals surface area contributed by atoms with E-state index in [1.54, 1.807) is 6.07 Å². The number of hydrogen-bond donors (Lipinski definition) is 1. The van der Waals surface area contributed by atoms with Crippen molar-refractivity contribution in [2.45, 2.75) is 19.6 Å². The van der Waals surface area contributed by atoms with Gasteiger partial charge in [-0.05, 0) is 36.2 Å². The summed E-state index contributed by atoms with van der Waals surface area (Å²) in [5.41, 5.74) is 1.94. The molecule has 1 nitrogen and oxygen atoms in total. The summed E-state index contributed by atoms with van der Waals surface area (Å²) < 4.78 is 38.4. The van der Waals surface area contributed by atoms with Crippen LogP contribution in [0.25, 0.3) is 0 Å². The summed E-state index contributed by atoms with van der Waals surface area (Å²) in [5.74, 6) is 0. The highest BCUT2D eigenvalue weighted by molar-refractivity contribution is 9.10. The highest BCUT2D eigenvalue weighted by atomic mass is 79.9. The van der Waals surface area contributed by atoms with Gasteiger partial charge in [0, 0.05) is 16.7 Å². The van der Waals surface area contributed by atoms with Crippen LogP contribution in [0.1, 0.15) is 16.7 Å². The topological polar surface area (TPSA) is 12.0 Å². The van der Waals surface area contributed by atoms with Crippen LogP contribution in [0.2, 0.25) is 0 Å². The van der Waals surface area contributed by atoms with Gasteiger partial charge in [-0.3, -0.25) is 0 Å². The van der Waals surface area contributed by atoms with E-state index in [1.165, 1.54) is 6.07 Å². The van der Waals surface area contributed by atoms with Gasteiger partial charge in [-0.1, -0.05) is 40.2 Å². The summed E-state index contributed by atoms with van der Waals surface area (Å²) in [7, 11) is 0. The van der Waals surface area contributed by atoms with E-state index in [9.17, 15) is 13.2 Å². The summed E-state index contributed by atoms with van der Waals surface area (Å²) in [6.07, 6.45) is -4.36. The number of anilines is 1. The lowest BCUT2D eigenvalue weighted by atomic mass is 10.1. The van der Waals surface area contributed by atoms with Gasteiger partial charge in [0.05, 0.1) is 5.56 Å². The number of hydrogen-bond acceptors (Lipinski definition) is 1. The molecule has 0 unspecified atom stereocenters. The van der Waals surface area contributed by atoms with Crippen LogP contribution in [0.3, 0.4) is 0 Å². The lowest BCUT2D eigenvalue weighted by Gasteiger charge is -2.13. The maximum atomic E-state index is 12.8. The van der Waals surface area contributed by atoms with Crippen molar-refractivity contribution in [3.8, 4) is 0 Å². The SMILES string of the molecule is Cc1ccccc1CNc1ccc(Br)c(C(F)(F)F)c1. The lowest BCUT2D eigenvalue weighted by molar-refractivity contribution is -0.138.